The van der Waals surface area contributed by atoms with Crippen LogP contribution in [-0.4, -0.2) is 43.0 Å². The van der Waals surface area contributed by atoms with Crippen molar-refractivity contribution in [2.24, 2.45) is 0 Å². The van der Waals surface area contributed by atoms with Gasteiger partial charge in [-0.2, -0.15) is 0 Å². The average molecular weight is 199 g/mol. The summed E-state index contributed by atoms with van der Waals surface area (Å²) in [4.78, 5) is 23.9. The quantitative estimate of drug-likeness (QED) is 0.665. The molecule has 0 spiro atoms. The first-order valence-corrected chi connectivity index (χ1v) is 4.91. The minimum Gasteiger partial charge on any atom is -0.352 e. The maximum atomic E-state index is 11.2. The van der Waals surface area contributed by atoms with Gasteiger partial charge in [0.15, 0.2) is 0 Å². The van der Waals surface area contributed by atoms with Crippen molar-refractivity contribution in [2.45, 2.75) is 25.8 Å². The van der Waals surface area contributed by atoms with Crippen molar-refractivity contribution in [2.75, 3.05) is 20.1 Å². The van der Waals surface area contributed by atoms with E-state index in [0.717, 1.165) is 12.8 Å². The van der Waals surface area contributed by atoms with E-state index in [9.17, 15) is 9.59 Å². The third kappa shape index (κ3) is 3.64. The summed E-state index contributed by atoms with van der Waals surface area (Å²) >= 11 is 0. The first-order valence-electron chi connectivity index (χ1n) is 4.91. The first kappa shape index (κ1) is 10.8. The van der Waals surface area contributed by atoms with Gasteiger partial charge >= 0.3 is 6.03 Å². The Bertz CT molecular complexity index is 226. The Kier molecular flexibility index (Phi) is 3.73. The predicted molar refractivity (Wildman–Crippen MR) is 52.9 cm³/mol. The molecule has 1 rings (SSSR count). The molecule has 3 amide bonds. The van der Waals surface area contributed by atoms with Gasteiger partial charge in [0.05, 0.1) is 6.54 Å². The molecule has 0 aromatic rings. The topological polar surface area (TPSA) is 61.4 Å². The molecule has 2 N–H and O–H groups in total. The van der Waals surface area contributed by atoms with Crippen molar-refractivity contribution < 1.29 is 9.59 Å². The lowest BCUT2D eigenvalue weighted by Crippen LogP contribution is -2.43. The fourth-order valence-electron chi connectivity index (χ4n) is 0.941. The Hall–Kier alpha value is -1.26. The summed E-state index contributed by atoms with van der Waals surface area (Å²) in [5.74, 6) is -0.106. The first-order chi connectivity index (χ1) is 6.63. The summed E-state index contributed by atoms with van der Waals surface area (Å²) in [5, 5.41) is 5.34. The number of urea groups is 1. The van der Waals surface area contributed by atoms with Gasteiger partial charge in [-0.15, -0.1) is 0 Å². The monoisotopic (exact) mass is 199 g/mol. The molecular weight excluding hydrogens is 182 g/mol. The van der Waals surface area contributed by atoms with Gasteiger partial charge in [-0.1, -0.05) is 0 Å². The van der Waals surface area contributed by atoms with Crippen LogP contribution in [0.2, 0.25) is 0 Å². The lowest BCUT2D eigenvalue weighted by atomic mass is 10.5. The second kappa shape index (κ2) is 4.83. The van der Waals surface area contributed by atoms with Crippen LogP contribution in [-0.2, 0) is 4.79 Å². The molecule has 5 nitrogen and oxygen atoms in total. The van der Waals surface area contributed by atoms with E-state index in [1.807, 2.05) is 6.92 Å². The highest BCUT2D eigenvalue weighted by atomic mass is 16.2. The van der Waals surface area contributed by atoms with Crippen LogP contribution in [0.3, 0.4) is 0 Å². The lowest BCUT2D eigenvalue weighted by Gasteiger charge is -2.15. The molecule has 0 aromatic heterocycles. The number of hydrogen-bond donors (Lipinski definition) is 2. The van der Waals surface area contributed by atoms with E-state index >= 15 is 0 Å². The number of hydrogen-bond acceptors (Lipinski definition) is 2. The highest BCUT2D eigenvalue weighted by Crippen LogP contribution is 2.18. The van der Waals surface area contributed by atoms with Crippen LogP contribution in [0.4, 0.5) is 4.79 Å². The second-order valence-electron chi connectivity index (χ2n) is 3.51. The molecule has 0 saturated heterocycles. The van der Waals surface area contributed by atoms with Gasteiger partial charge in [0.2, 0.25) is 5.91 Å². The van der Waals surface area contributed by atoms with Crippen molar-refractivity contribution in [3.05, 3.63) is 0 Å². The van der Waals surface area contributed by atoms with E-state index in [2.05, 4.69) is 10.6 Å². The van der Waals surface area contributed by atoms with E-state index < -0.39 is 0 Å². The van der Waals surface area contributed by atoms with Crippen LogP contribution < -0.4 is 10.6 Å². The largest absolute Gasteiger partial charge is 0.352 e. The number of carbonyl (C=O) groups is 2. The molecule has 0 aromatic carbocycles. The summed E-state index contributed by atoms with van der Waals surface area (Å²) in [6.07, 6.45) is 2.13. The molecule has 0 atom stereocenters. The van der Waals surface area contributed by atoms with Crippen molar-refractivity contribution >= 4 is 11.9 Å². The fraction of sp³-hybridized carbons (Fsp3) is 0.778. The van der Waals surface area contributed by atoms with Gasteiger partial charge in [-0.25, -0.2) is 4.79 Å². The molecule has 0 unspecified atom stereocenters. The SMILES string of the molecule is CCN(C)C(=O)NCC(=O)NC1CC1. The highest BCUT2D eigenvalue weighted by molar-refractivity contribution is 5.84. The summed E-state index contributed by atoms with van der Waals surface area (Å²) in [6.45, 7) is 2.58. The van der Waals surface area contributed by atoms with Crippen LogP contribution in [0.1, 0.15) is 19.8 Å². The Balaban J connectivity index is 2.11. The molecule has 1 aliphatic rings. The molecule has 0 bridgehead atoms. The van der Waals surface area contributed by atoms with Crippen molar-refractivity contribution in [1.82, 2.24) is 15.5 Å². The number of nitrogens with zero attached hydrogens (tertiary/aromatic N) is 1. The molecule has 1 aliphatic carbocycles. The van der Waals surface area contributed by atoms with Crippen molar-refractivity contribution in [3.63, 3.8) is 0 Å². The molecule has 14 heavy (non-hydrogen) atoms. The molecule has 0 radical (unpaired) electrons. The third-order valence-corrected chi connectivity index (χ3v) is 2.16. The molecule has 80 valence electrons. The zero-order valence-electron chi connectivity index (χ0n) is 8.67. The summed E-state index contributed by atoms with van der Waals surface area (Å²) in [5.41, 5.74) is 0. The average Bonchev–Trinajstić information content (AvgIpc) is 2.96. The number of carbonyl (C=O) groups excluding carboxylic acids is 2. The summed E-state index contributed by atoms with van der Waals surface area (Å²) in [6, 6.07) is 0.141. The molecule has 1 saturated carbocycles. The summed E-state index contributed by atoms with van der Waals surface area (Å²) in [7, 11) is 1.69. The Morgan fingerprint density at radius 1 is 1.43 bits per heavy atom. The fourth-order valence-corrected chi connectivity index (χ4v) is 0.941. The lowest BCUT2D eigenvalue weighted by molar-refractivity contribution is -0.120. The zero-order valence-corrected chi connectivity index (χ0v) is 8.67. The van der Waals surface area contributed by atoms with E-state index in [1.54, 1.807) is 7.05 Å². The van der Waals surface area contributed by atoms with Gasteiger partial charge in [0.1, 0.15) is 0 Å². The highest BCUT2D eigenvalue weighted by Gasteiger charge is 2.23. The Morgan fingerprint density at radius 2 is 2.07 bits per heavy atom. The van der Waals surface area contributed by atoms with Crippen LogP contribution in [0.15, 0.2) is 0 Å². The standard InChI is InChI=1S/C9H17N3O2/c1-3-12(2)9(14)10-6-8(13)11-7-4-5-7/h7H,3-6H2,1-2H3,(H,10,14)(H,11,13). The number of rotatable bonds is 4. The third-order valence-electron chi connectivity index (χ3n) is 2.16. The predicted octanol–water partition coefficient (Wildman–Crippen LogP) is -0.0737. The van der Waals surface area contributed by atoms with Crippen LogP contribution in [0.25, 0.3) is 0 Å². The normalized spacial score (nSPS) is 14.7. The number of nitrogens with one attached hydrogen (secondary N) is 2. The van der Waals surface area contributed by atoms with Gasteiger partial charge < -0.3 is 15.5 Å². The van der Waals surface area contributed by atoms with Crippen LogP contribution in [0.5, 0.6) is 0 Å². The molecular formula is C9H17N3O2. The zero-order chi connectivity index (χ0) is 10.6. The van der Waals surface area contributed by atoms with Crippen molar-refractivity contribution in [3.8, 4) is 0 Å². The maximum absolute atomic E-state index is 11.2. The Morgan fingerprint density at radius 3 is 2.57 bits per heavy atom. The maximum Gasteiger partial charge on any atom is 0.317 e. The van der Waals surface area contributed by atoms with E-state index in [4.69, 9.17) is 0 Å². The molecule has 5 heteroatoms. The smallest absolute Gasteiger partial charge is 0.317 e. The van der Waals surface area contributed by atoms with E-state index in [0.29, 0.717) is 12.6 Å². The van der Waals surface area contributed by atoms with Gasteiger partial charge in [0.25, 0.3) is 0 Å². The number of amides is 3. The Labute approximate surface area is 83.8 Å². The summed E-state index contributed by atoms with van der Waals surface area (Å²) < 4.78 is 0. The second-order valence-corrected chi connectivity index (χ2v) is 3.51. The van der Waals surface area contributed by atoms with Gasteiger partial charge in [-0.3, -0.25) is 4.79 Å². The van der Waals surface area contributed by atoms with Crippen molar-refractivity contribution in [1.29, 1.82) is 0 Å². The van der Waals surface area contributed by atoms with E-state index in [-0.39, 0.29) is 18.5 Å². The minimum absolute atomic E-state index is 0.0691. The van der Waals surface area contributed by atoms with Gasteiger partial charge in [-0.05, 0) is 19.8 Å². The molecule has 1 fully saturated rings. The molecule has 0 aliphatic heterocycles. The molecule has 0 heterocycles. The van der Waals surface area contributed by atoms with Crippen LogP contribution >= 0.6 is 0 Å². The van der Waals surface area contributed by atoms with E-state index in [1.165, 1.54) is 4.90 Å². The van der Waals surface area contributed by atoms with Gasteiger partial charge in [0, 0.05) is 19.6 Å². The van der Waals surface area contributed by atoms with Crippen LogP contribution in [0, 0.1) is 0 Å². The minimum atomic E-state index is -0.210.